The first-order chi connectivity index (χ1) is 16.7. The molecule has 1 aliphatic carbocycles. The number of allylic oxidation sites excluding steroid dienone is 1. The van der Waals surface area contributed by atoms with Gasteiger partial charge in [-0.2, -0.15) is 4.99 Å². The maximum absolute atomic E-state index is 12.5. The molecule has 3 rings (SSSR count). The molecule has 0 radical (unpaired) electrons. The topological polar surface area (TPSA) is 175 Å². The number of anilines is 1. The highest BCUT2D eigenvalue weighted by Gasteiger charge is 2.25. The van der Waals surface area contributed by atoms with Gasteiger partial charge in [-0.1, -0.05) is 18.1 Å². The zero-order chi connectivity index (χ0) is 25.5. The van der Waals surface area contributed by atoms with Gasteiger partial charge >= 0.3 is 11.9 Å². The first-order valence-electron chi connectivity index (χ1n) is 10.6. The van der Waals surface area contributed by atoms with Crippen molar-refractivity contribution in [2.24, 2.45) is 21.6 Å². The van der Waals surface area contributed by atoms with Gasteiger partial charge in [0.15, 0.2) is 0 Å². The van der Waals surface area contributed by atoms with Crippen LogP contribution in [0.5, 0.6) is 0 Å². The molecular formula is C24H23N5O6. The molecule has 0 saturated heterocycles. The third-order valence-corrected chi connectivity index (χ3v) is 5.30. The number of nitrogens with zero attached hydrogens (tertiary/aromatic N) is 3. The van der Waals surface area contributed by atoms with Crippen molar-refractivity contribution in [2.45, 2.75) is 18.9 Å². The Kier molecular flexibility index (Phi) is 7.78. The van der Waals surface area contributed by atoms with Crippen molar-refractivity contribution in [3.63, 3.8) is 0 Å². The predicted octanol–water partition coefficient (Wildman–Crippen LogP) is 0.582. The van der Waals surface area contributed by atoms with Crippen LogP contribution < -0.4 is 16.0 Å². The Hall–Kier alpha value is -4.72. The van der Waals surface area contributed by atoms with Crippen LogP contribution in [-0.4, -0.2) is 64.8 Å². The summed E-state index contributed by atoms with van der Waals surface area (Å²) in [6, 6.07) is 5.06. The molecule has 11 heteroatoms. The molecular weight excluding hydrogens is 454 g/mol. The molecule has 2 amide bonds. The third-order valence-electron chi connectivity index (χ3n) is 5.30. The second-order valence-electron chi connectivity index (χ2n) is 7.80. The number of terminal acetylenes is 1. The number of rotatable bonds is 10. The van der Waals surface area contributed by atoms with Crippen LogP contribution in [0.1, 0.15) is 23.2 Å². The molecule has 0 fully saturated rings. The smallest absolute Gasteiger partial charge is 0.326 e. The van der Waals surface area contributed by atoms with Crippen molar-refractivity contribution in [1.82, 2.24) is 5.32 Å². The Labute approximate surface area is 200 Å². The van der Waals surface area contributed by atoms with Gasteiger partial charge in [0, 0.05) is 30.1 Å². The summed E-state index contributed by atoms with van der Waals surface area (Å²) >= 11 is 0. The normalized spacial score (nSPS) is 17.2. The lowest BCUT2D eigenvalue weighted by Crippen LogP contribution is -2.41. The summed E-state index contributed by atoms with van der Waals surface area (Å²) in [5.41, 5.74) is 7.28. The fourth-order valence-electron chi connectivity index (χ4n) is 3.58. The number of fused-ring (bicyclic) bond motifs is 1. The number of carboxylic acids is 2. The number of nitrogens with one attached hydrogen (secondary N) is 1. The van der Waals surface area contributed by atoms with Crippen LogP contribution in [0.2, 0.25) is 0 Å². The molecule has 1 heterocycles. The van der Waals surface area contributed by atoms with E-state index in [1.54, 1.807) is 24.3 Å². The minimum Gasteiger partial charge on any atom is -0.481 e. The van der Waals surface area contributed by atoms with E-state index in [1.165, 1.54) is 12.1 Å². The summed E-state index contributed by atoms with van der Waals surface area (Å²) in [7, 11) is 0. The molecule has 11 nitrogen and oxygen atoms in total. The van der Waals surface area contributed by atoms with Crippen LogP contribution in [0.3, 0.4) is 0 Å². The van der Waals surface area contributed by atoms with Crippen molar-refractivity contribution in [3.05, 3.63) is 53.6 Å². The van der Waals surface area contributed by atoms with Crippen molar-refractivity contribution in [2.75, 3.05) is 18.0 Å². The summed E-state index contributed by atoms with van der Waals surface area (Å²) in [4.78, 5) is 56.3. The molecule has 5 N–H and O–H groups in total. The Bertz CT molecular complexity index is 1210. The molecule has 0 bridgehead atoms. The predicted molar refractivity (Wildman–Crippen MR) is 128 cm³/mol. The molecule has 2 atom stereocenters. The van der Waals surface area contributed by atoms with Crippen molar-refractivity contribution < 1.29 is 29.4 Å². The minimum atomic E-state index is -1.32. The zero-order valence-corrected chi connectivity index (χ0v) is 18.5. The summed E-state index contributed by atoms with van der Waals surface area (Å²) in [6.45, 7) is 0.696. The summed E-state index contributed by atoms with van der Waals surface area (Å²) in [6.07, 6.45) is 10.3. The molecule has 1 aromatic carbocycles. The SMILES string of the molecule is C#CCN(CC1C=CC2=NC(N)=NC(=O)C2=C1)c1ccc(C(=O)NC(CCC(=O)O)C(=O)O)cc1. The number of carbonyl (C=O) groups is 4. The first-order valence-corrected chi connectivity index (χ1v) is 10.6. The Morgan fingerprint density at radius 2 is 1.91 bits per heavy atom. The number of aliphatic carboxylic acids is 2. The first kappa shape index (κ1) is 24.9. The van der Waals surface area contributed by atoms with E-state index in [0.717, 1.165) is 0 Å². The van der Waals surface area contributed by atoms with Crippen molar-refractivity contribution in [3.8, 4) is 12.3 Å². The fraction of sp³-hybridized carbons (Fsp3) is 0.250. The molecule has 0 saturated carbocycles. The monoisotopic (exact) mass is 477 g/mol. The van der Waals surface area contributed by atoms with E-state index < -0.39 is 29.8 Å². The molecule has 180 valence electrons. The molecule has 1 aromatic rings. The van der Waals surface area contributed by atoms with Crippen LogP contribution in [0.25, 0.3) is 0 Å². The van der Waals surface area contributed by atoms with Gasteiger partial charge in [-0.25, -0.2) is 9.79 Å². The lowest BCUT2D eigenvalue weighted by Gasteiger charge is -2.27. The summed E-state index contributed by atoms with van der Waals surface area (Å²) in [5, 5.41) is 20.3. The van der Waals surface area contributed by atoms with E-state index in [0.29, 0.717) is 23.5 Å². The highest BCUT2D eigenvalue weighted by atomic mass is 16.4. The van der Waals surface area contributed by atoms with Crippen molar-refractivity contribution >= 4 is 41.1 Å². The van der Waals surface area contributed by atoms with Gasteiger partial charge in [-0.05, 0) is 36.8 Å². The van der Waals surface area contributed by atoms with E-state index in [1.807, 2.05) is 11.0 Å². The third kappa shape index (κ3) is 6.42. The molecule has 2 unspecified atom stereocenters. The van der Waals surface area contributed by atoms with E-state index in [-0.39, 0.29) is 36.8 Å². The number of guanidine groups is 1. The standard InChI is InChI=1S/C24H23N5O6/c1-2-11-29(13-14-3-8-18-17(12-14)22(33)28-24(25)27-18)16-6-4-15(5-7-16)21(32)26-19(23(34)35)9-10-20(30)31/h1,3-8,12,14,19H,9-11,13H2,(H,26,32)(H,30,31)(H,34,35)(H2,25,28,33). The number of benzene rings is 1. The van der Waals surface area contributed by atoms with Crippen LogP contribution in [0, 0.1) is 18.3 Å². The highest BCUT2D eigenvalue weighted by molar-refractivity contribution is 6.32. The maximum atomic E-state index is 12.5. The van der Waals surface area contributed by atoms with Gasteiger partial charge in [0.2, 0.25) is 5.96 Å². The Morgan fingerprint density at radius 3 is 2.54 bits per heavy atom. The minimum absolute atomic E-state index is 0.0834. The number of carboxylic acid groups (broad SMARTS) is 2. The number of nitrogens with two attached hydrogens (primary N) is 1. The average molecular weight is 477 g/mol. The number of aliphatic imine (C=N–C) groups is 2. The van der Waals surface area contributed by atoms with Crippen LogP contribution in [-0.2, 0) is 14.4 Å². The largest absolute Gasteiger partial charge is 0.481 e. The number of carbonyl (C=O) groups excluding carboxylic acids is 2. The Morgan fingerprint density at radius 1 is 1.20 bits per heavy atom. The van der Waals surface area contributed by atoms with Gasteiger partial charge in [0.25, 0.3) is 11.8 Å². The molecule has 0 spiro atoms. The van der Waals surface area contributed by atoms with Crippen LogP contribution >= 0.6 is 0 Å². The quantitative estimate of drug-likeness (QED) is 0.354. The van der Waals surface area contributed by atoms with E-state index in [4.69, 9.17) is 17.3 Å². The van der Waals surface area contributed by atoms with E-state index >= 15 is 0 Å². The molecule has 35 heavy (non-hydrogen) atoms. The maximum Gasteiger partial charge on any atom is 0.326 e. The summed E-state index contributed by atoms with van der Waals surface area (Å²) < 4.78 is 0. The van der Waals surface area contributed by atoms with Gasteiger partial charge in [0.05, 0.1) is 17.8 Å². The summed E-state index contributed by atoms with van der Waals surface area (Å²) in [5.74, 6) is -1.22. The van der Waals surface area contributed by atoms with E-state index in [2.05, 4.69) is 21.2 Å². The van der Waals surface area contributed by atoms with Gasteiger partial charge in [-0.15, -0.1) is 6.42 Å². The number of hydrogen-bond donors (Lipinski definition) is 4. The fourth-order valence-corrected chi connectivity index (χ4v) is 3.58. The molecule has 1 aliphatic heterocycles. The lowest BCUT2D eigenvalue weighted by atomic mass is 9.94. The molecule has 0 aromatic heterocycles. The highest BCUT2D eigenvalue weighted by Crippen LogP contribution is 2.23. The second-order valence-corrected chi connectivity index (χ2v) is 7.80. The van der Waals surface area contributed by atoms with Crippen LogP contribution in [0.15, 0.2) is 58.1 Å². The van der Waals surface area contributed by atoms with E-state index in [9.17, 15) is 24.3 Å². The second kappa shape index (κ2) is 10.9. The average Bonchev–Trinajstić information content (AvgIpc) is 2.81. The number of hydrogen-bond acceptors (Lipinski definition) is 7. The molecule has 2 aliphatic rings. The zero-order valence-electron chi connectivity index (χ0n) is 18.5. The van der Waals surface area contributed by atoms with Gasteiger partial charge in [0.1, 0.15) is 6.04 Å². The van der Waals surface area contributed by atoms with Crippen molar-refractivity contribution in [1.29, 1.82) is 0 Å². The Balaban J connectivity index is 1.70. The lowest BCUT2D eigenvalue weighted by molar-refractivity contribution is -0.140. The number of amides is 2. The van der Waals surface area contributed by atoms with Crippen LogP contribution in [0.4, 0.5) is 5.69 Å². The van der Waals surface area contributed by atoms with Gasteiger partial charge in [-0.3, -0.25) is 14.4 Å². The van der Waals surface area contributed by atoms with Gasteiger partial charge < -0.3 is 26.2 Å².